The van der Waals surface area contributed by atoms with Crippen LogP contribution < -0.4 is 10.2 Å². The van der Waals surface area contributed by atoms with Crippen molar-refractivity contribution in [2.24, 2.45) is 0 Å². The van der Waals surface area contributed by atoms with Crippen LogP contribution in [0.4, 0.5) is 15.3 Å². The molecule has 2 aliphatic rings. The first-order valence-electron chi connectivity index (χ1n) is 6.91. The van der Waals surface area contributed by atoms with Crippen molar-refractivity contribution in [2.75, 3.05) is 18.0 Å². The number of likely N-dealkylation sites (N-methyl/N-ethyl adjacent to an activating group) is 2. The van der Waals surface area contributed by atoms with Gasteiger partial charge in [0.1, 0.15) is 6.17 Å². The van der Waals surface area contributed by atoms with Crippen molar-refractivity contribution in [3.8, 4) is 0 Å². The van der Waals surface area contributed by atoms with Gasteiger partial charge in [-0.25, -0.2) is 9.59 Å². The van der Waals surface area contributed by atoms with Gasteiger partial charge in [-0.2, -0.15) is 0 Å². The molecule has 6 nitrogen and oxygen atoms in total. The largest absolute Gasteiger partial charge is 0.325 e. The second-order valence-electron chi connectivity index (χ2n) is 4.87. The van der Waals surface area contributed by atoms with E-state index in [0.29, 0.717) is 13.1 Å². The Bertz CT molecular complexity index is 533. The predicted octanol–water partition coefficient (Wildman–Crippen LogP) is 1.65. The van der Waals surface area contributed by atoms with E-state index in [0.717, 1.165) is 5.69 Å². The summed E-state index contributed by atoms with van der Waals surface area (Å²) in [6.45, 7) is 5.01. The van der Waals surface area contributed by atoms with Gasteiger partial charge in [-0.15, -0.1) is 0 Å². The van der Waals surface area contributed by atoms with Gasteiger partial charge < -0.3 is 10.2 Å². The van der Waals surface area contributed by atoms with Crippen LogP contribution in [0.1, 0.15) is 13.8 Å². The number of hydrogen-bond acceptors (Lipinski definition) is 2. The number of urea groups is 2. The van der Waals surface area contributed by atoms with Crippen LogP contribution in [0.25, 0.3) is 0 Å². The molecule has 0 bridgehead atoms. The summed E-state index contributed by atoms with van der Waals surface area (Å²) in [5, 5.41) is 2.91. The fourth-order valence-electron chi connectivity index (χ4n) is 2.99. The molecule has 0 aliphatic carbocycles. The molecule has 2 saturated heterocycles. The summed E-state index contributed by atoms with van der Waals surface area (Å²) in [6, 6.07) is 9.27. The maximum absolute atomic E-state index is 12.3. The Hall–Kier alpha value is -2.24. The van der Waals surface area contributed by atoms with Gasteiger partial charge in [0.15, 0.2) is 6.17 Å². The maximum Gasteiger partial charge on any atom is 0.325 e. The van der Waals surface area contributed by atoms with Gasteiger partial charge in [0.2, 0.25) is 0 Å². The minimum Gasteiger partial charge on any atom is -0.313 e. The van der Waals surface area contributed by atoms with E-state index in [1.54, 1.807) is 14.7 Å². The summed E-state index contributed by atoms with van der Waals surface area (Å²) in [6.07, 6.45) is -0.553. The number of nitrogens with zero attached hydrogens (tertiary/aromatic N) is 3. The minimum absolute atomic E-state index is 0.0223. The average molecular weight is 274 g/mol. The fourth-order valence-corrected chi connectivity index (χ4v) is 2.99. The molecule has 4 amide bonds. The third kappa shape index (κ3) is 1.64. The van der Waals surface area contributed by atoms with Gasteiger partial charge in [0.25, 0.3) is 0 Å². The minimum atomic E-state index is -0.278. The molecule has 2 heterocycles. The van der Waals surface area contributed by atoms with Crippen molar-refractivity contribution in [3.63, 3.8) is 0 Å². The van der Waals surface area contributed by atoms with Gasteiger partial charge in [-0.3, -0.25) is 9.80 Å². The molecule has 0 aromatic heterocycles. The van der Waals surface area contributed by atoms with Crippen LogP contribution >= 0.6 is 0 Å². The Labute approximate surface area is 117 Å². The third-order valence-electron chi connectivity index (χ3n) is 3.90. The topological polar surface area (TPSA) is 55.9 Å². The highest BCUT2D eigenvalue weighted by Crippen LogP contribution is 2.32. The molecule has 1 N–H and O–H groups in total. The van der Waals surface area contributed by atoms with E-state index in [2.05, 4.69) is 5.32 Å². The predicted molar refractivity (Wildman–Crippen MR) is 75.2 cm³/mol. The van der Waals surface area contributed by atoms with Crippen molar-refractivity contribution in [2.45, 2.75) is 26.2 Å². The maximum atomic E-state index is 12.3. The van der Waals surface area contributed by atoms with E-state index < -0.39 is 0 Å². The molecule has 2 aliphatic heterocycles. The van der Waals surface area contributed by atoms with Crippen LogP contribution in [0.3, 0.4) is 0 Å². The number of carbonyl (C=O) groups is 2. The zero-order valence-corrected chi connectivity index (χ0v) is 11.6. The molecular formula is C14H18N4O2. The lowest BCUT2D eigenvalue weighted by Gasteiger charge is -2.28. The number of amides is 4. The molecule has 0 radical (unpaired) electrons. The van der Waals surface area contributed by atoms with Crippen LogP contribution in [-0.2, 0) is 0 Å². The molecule has 106 valence electrons. The molecule has 2 atom stereocenters. The Morgan fingerprint density at radius 1 is 1.05 bits per heavy atom. The number of fused-ring (bicyclic) bond motifs is 1. The Morgan fingerprint density at radius 2 is 1.70 bits per heavy atom. The lowest BCUT2D eigenvalue weighted by atomic mass is 10.2. The van der Waals surface area contributed by atoms with E-state index >= 15 is 0 Å². The highest BCUT2D eigenvalue weighted by molar-refractivity contribution is 5.98. The Balaban J connectivity index is 2.01. The number of hydrogen-bond donors (Lipinski definition) is 1. The van der Waals surface area contributed by atoms with E-state index in [1.807, 2.05) is 44.2 Å². The molecule has 20 heavy (non-hydrogen) atoms. The Morgan fingerprint density at radius 3 is 2.30 bits per heavy atom. The summed E-state index contributed by atoms with van der Waals surface area (Å²) in [4.78, 5) is 29.7. The third-order valence-corrected chi connectivity index (χ3v) is 3.90. The standard InChI is InChI=1S/C14H18N4O2/c1-3-16-11-12(17(4-2)14(16)20)18(13(19)15-11)10-8-6-5-7-9-10/h5-9,11-12H,3-4H2,1-2H3,(H,15,19). The summed E-state index contributed by atoms with van der Waals surface area (Å²) < 4.78 is 0. The van der Waals surface area contributed by atoms with Gasteiger partial charge in [0.05, 0.1) is 0 Å². The molecule has 1 aromatic carbocycles. The highest BCUT2D eigenvalue weighted by Gasteiger charge is 2.54. The van der Waals surface area contributed by atoms with Gasteiger partial charge in [-0.1, -0.05) is 18.2 Å². The van der Waals surface area contributed by atoms with Gasteiger partial charge in [0, 0.05) is 18.8 Å². The molecule has 2 fully saturated rings. The monoisotopic (exact) mass is 274 g/mol. The second kappa shape index (κ2) is 4.70. The van der Waals surface area contributed by atoms with Crippen LogP contribution in [0.5, 0.6) is 0 Å². The Kier molecular flexibility index (Phi) is 3.00. The normalized spacial score (nSPS) is 25.2. The number of benzene rings is 1. The van der Waals surface area contributed by atoms with E-state index in [-0.39, 0.29) is 24.4 Å². The van der Waals surface area contributed by atoms with Crippen molar-refractivity contribution in [1.29, 1.82) is 0 Å². The molecule has 1 aromatic rings. The van der Waals surface area contributed by atoms with Gasteiger partial charge >= 0.3 is 12.1 Å². The first kappa shape index (κ1) is 12.8. The number of para-hydroxylation sites is 1. The summed E-state index contributed by atoms with van der Waals surface area (Å²) >= 11 is 0. The zero-order chi connectivity index (χ0) is 14.3. The van der Waals surface area contributed by atoms with Crippen molar-refractivity contribution in [1.82, 2.24) is 15.1 Å². The number of carbonyl (C=O) groups excluding carboxylic acids is 2. The molecule has 0 spiro atoms. The van der Waals surface area contributed by atoms with E-state index in [4.69, 9.17) is 0 Å². The quantitative estimate of drug-likeness (QED) is 0.911. The highest BCUT2D eigenvalue weighted by atomic mass is 16.2. The van der Waals surface area contributed by atoms with Crippen LogP contribution in [0.15, 0.2) is 30.3 Å². The summed E-state index contributed by atoms with van der Waals surface area (Å²) in [5.74, 6) is 0. The van der Waals surface area contributed by atoms with Crippen molar-refractivity contribution >= 4 is 17.7 Å². The average Bonchev–Trinajstić information content (AvgIpc) is 2.91. The first-order valence-corrected chi connectivity index (χ1v) is 6.91. The fraction of sp³-hybridized carbons (Fsp3) is 0.429. The SMILES string of the molecule is CCN1C(=O)N(CC)C2C1NC(=O)N2c1ccccc1. The first-order chi connectivity index (χ1) is 9.69. The smallest absolute Gasteiger partial charge is 0.313 e. The molecule has 2 unspecified atom stereocenters. The second-order valence-corrected chi connectivity index (χ2v) is 4.87. The molecular weight excluding hydrogens is 256 g/mol. The summed E-state index contributed by atoms with van der Waals surface area (Å²) in [7, 11) is 0. The van der Waals surface area contributed by atoms with E-state index in [1.165, 1.54) is 0 Å². The molecule has 6 heteroatoms. The number of anilines is 1. The molecule has 0 saturated carbocycles. The summed E-state index contributed by atoms with van der Waals surface area (Å²) in [5.41, 5.74) is 0.807. The zero-order valence-electron chi connectivity index (χ0n) is 11.6. The van der Waals surface area contributed by atoms with Crippen LogP contribution in [0.2, 0.25) is 0 Å². The van der Waals surface area contributed by atoms with Crippen molar-refractivity contribution in [3.05, 3.63) is 30.3 Å². The lowest BCUT2D eigenvalue weighted by molar-refractivity contribution is 0.183. The van der Waals surface area contributed by atoms with Crippen LogP contribution in [0, 0.1) is 0 Å². The number of rotatable bonds is 3. The lowest BCUT2D eigenvalue weighted by Crippen LogP contribution is -2.46. The van der Waals surface area contributed by atoms with Gasteiger partial charge in [-0.05, 0) is 26.0 Å². The van der Waals surface area contributed by atoms with Crippen molar-refractivity contribution < 1.29 is 9.59 Å². The van der Waals surface area contributed by atoms with Crippen LogP contribution in [-0.4, -0.2) is 47.3 Å². The number of nitrogens with one attached hydrogen (secondary N) is 1. The molecule has 3 rings (SSSR count). The van der Waals surface area contributed by atoms with E-state index in [9.17, 15) is 9.59 Å².